The Morgan fingerprint density at radius 2 is 1.92 bits per heavy atom. The summed E-state index contributed by atoms with van der Waals surface area (Å²) >= 11 is 0. The van der Waals surface area contributed by atoms with Gasteiger partial charge in [0.1, 0.15) is 6.54 Å². The highest BCUT2D eigenvalue weighted by molar-refractivity contribution is 14.0. The fourth-order valence-corrected chi connectivity index (χ4v) is 4.27. The van der Waals surface area contributed by atoms with Gasteiger partial charge in [0.25, 0.3) is 0 Å². The van der Waals surface area contributed by atoms with Crippen molar-refractivity contribution in [2.24, 2.45) is 10.9 Å². The molecule has 0 aromatic carbocycles. The summed E-state index contributed by atoms with van der Waals surface area (Å²) in [4.78, 5) is 23.4. The molecule has 0 aromatic rings. The van der Waals surface area contributed by atoms with Crippen molar-refractivity contribution >= 4 is 35.8 Å². The van der Waals surface area contributed by atoms with Gasteiger partial charge in [0, 0.05) is 45.3 Å². The quantitative estimate of drug-likeness (QED) is 0.383. The highest BCUT2D eigenvalue weighted by Crippen LogP contribution is 2.38. The van der Waals surface area contributed by atoms with Gasteiger partial charge in [-0.3, -0.25) is 9.69 Å². The number of likely N-dealkylation sites (N-methyl/N-ethyl adjacent to an activating group) is 1. The highest BCUT2D eigenvalue weighted by Gasteiger charge is 2.42. The van der Waals surface area contributed by atoms with Gasteiger partial charge >= 0.3 is 0 Å². The molecule has 150 valence electrons. The monoisotopic (exact) mass is 477 g/mol. The predicted molar refractivity (Wildman–Crippen MR) is 117 cm³/mol. The van der Waals surface area contributed by atoms with E-state index in [0.29, 0.717) is 6.04 Å². The SMILES string of the molecule is CC(C)NC(=NCC(=O)N(C)C)N1CCC2C(CCCN2C2CC2)C1.I. The number of nitrogens with zero attached hydrogens (tertiary/aromatic N) is 4. The lowest BCUT2D eigenvalue weighted by molar-refractivity contribution is -0.127. The molecule has 1 N–H and O–H groups in total. The van der Waals surface area contributed by atoms with Gasteiger partial charge in [-0.1, -0.05) is 0 Å². The third kappa shape index (κ3) is 5.47. The Balaban J connectivity index is 0.00000243. The van der Waals surface area contributed by atoms with Crippen molar-refractivity contribution in [3.63, 3.8) is 0 Å². The Labute approximate surface area is 175 Å². The minimum absolute atomic E-state index is 0. The molecule has 2 heterocycles. The lowest BCUT2D eigenvalue weighted by atomic mass is 9.83. The Bertz CT molecular complexity index is 506. The second-order valence-electron chi connectivity index (χ2n) is 8.40. The normalized spacial score (nSPS) is 27.0. The van der Waals surface area contributed by atoms with Crippen molar-refractivity contribution < 1.29 is 4.79 Å². The molecule has 1 saturated carbocycles. The maximum atomic E-state index is 11.9. The molecule has 2 saturated heterocycles. The number of halogens is 1. The number of nitrogens with one attached hydrogen (secondary N) is 1. The topological polar surface area (TPSA) is 51.2 Å². The van der Waals surface area contributed by atoms with E-state index in [2.05, 4.69) is 34.0 Å². The van der Waals surface area contributed by atoms with Crippen LogP contribution >= 0.6 is 24.0 Å². The van der Waals surface area contributed by atoms with Crippen LogP contribution in [0.3, 0.4) is 0 Å². The molecule has 7 heteroatoms. The van der Waals surface area contributed by atoms with Crippen LogP contribution < -0.4 is 5.32 Å². The number of likely N-dealkylation sites (tertiary alicyclic amines) is 2. The van der Waals surface area contributed by atoms with E-state index in [9.17, 15) is 4.79 Å². The van der Waals surface area contributed by atoms with Crippen molar-refractivity contribution in [1.29, 1.82) is 0 Å². The first-order valence-corrected chi connectivity index (χ1v) is 9.97. The Kier molecular flexibility index (Phi) is 8.00. The van der Waals surface area contributed by atoms with Crippen LogP contribution in [0.4, 0.5) is 0 Å². The van der Waals surface area contributed by atoms with E-state index in [1.807, 2.05) is 0 Å². The zero-order chi connectivity index (χ0) is 18.0. The van der Waals surface area contributed by atoms with Gasteiger partial charge in [0.2, 0.25) is 5.91 Å². The molecule has 0 bridgehead atoms. The maximum Gasteiger partial charge on any atom is 0.243 e. The second-order valence-corrected chi connectivity index (χ2v) is 8.40. The number of hydrogen-bond acceptors (Lipinski definition) is 3. The molecule has 1 amide bonds. The van der Waals surface area contributed by atoms with Crippen LogP contribution in [-0.2, 0) is 4.79 Å². The molecule has 1 aliphatic carbocycles. The largest absolute Gasteiger partial charge is 0.354 e. The second kappa shape index (κ2) is 9.57. The molecule has 0 spiro atoms. The van der Waals surface area contributed by atoms with E-state index in [-0.39, 0.29) is 36.4 Å². The van der Waals surface area contributed by atoms with E-state index >= 15 is 0 Å². The number of aliphatic imine (C=N–C) groups is 1. The number of guanidine groups is 1. The van der Waals surface area contributed by atoms with E-state index in [0.717, 1.165) is 37.1 Å². The third-order valence-electron chi connectivity index (χ3n) is 5.71. The van der Waals surface area contributed by atoms with Gasteiger partial charge in [-0.15, -0.1) is 24.0 Å². The molecular formula is C19H36IN5O. The molecule has 3 aliphatic rings. The van der Waals surface area contributed by atoms with Gasteiger partial charge < -0.3 is 15.1 Å². The van der Waals surface area contributed by atoms with Crippen LogP contribution in [-0.4, -0.2) is 85.0 Å². The van der Waals surface area contributed by atoms with Gasteiger partial charge in [-0.2, -0.15) is 0 Å². The van der Waals surface area contributed by atoms with Crippen molar-refractivity contribution in [2.75, 3.05) is 40.3 Å². The predicted octanol–water partition coefficient (Wildman–Crippen LogP) is 2.00. The van der Waals surface area contributed by atoms with Crippen LogP contribution in [0.25, 0.3) is 0 Å². The molecule has 6 nitrogen and oxygen atoms in total. The van der Waals surface area contributed by atoms with E-state index < -0.39 is 0 Å². The van der Waals surface area contributed by atoms with Crippen LogP contribution in [0.2, 0.25) is 0 Å². The summed E-state index contributed by atoms with van der Waals surface area (Å²) in [5, 5.41) is 3.48. The standard InChI is InChI=1S/C19H35N5O.HI/c1-14(2)21-19(20-12-18(25)22(3)4)23-11-9-17-15(13-23)6-5-10-24(17)16-7-8-16;/h14-17H,5-13H2,1-4H3,(H,20,21);1H. The summed E-state index contributed by atoms with van der Waals surface area (Å²) in [6.07, 6.45) is 6.69. The number of carbonyl (C=O) groups excluding carboxylic acids is 1. The van der Waals surface area contributed by atoms with E-state index in [1.165, 1.54) is 38.6 Å². The number of hydrogen-bond donors (Lipinski definition) is 1. The molecule has 0 radical (unpaired) electrons. The highest BCUT2D eigenvalue weighted by atomic mass is 127. The average Bonchev–Trinajstić information content (AvgIpc) is 3.41. The number of piperidine rings is 2. The lowest BCUT2D eigenvalue weighted by Gasteiger charge is -2.48. The molecule has 3 rings (SSSR count). The van der Waals surface area contributed by atoms with Crippen LogP contribution in [0.5, 0.6) is 0 Å². The first-order valence-electron chi connectivity index (χ1n) is 9.97. The summed E-state index contributed by atoms with van der Waals surface area (Å²) < 4.78 is 0. The van der Waals surface area contributed by atoms with Gasteiger partial charge in [-0.25, -0.2) is 4.99 Å². The van der Waals surface area contributed by atoms with Gasteiger partial charge in [-0.05, 0) is 58.4 Å². The van der Waals surface area contributed by atoms with Crippen molar-refractivity contribution in [2.45, 2.75) is 64.1 Å². The fraction of sp³-hybridized carbons (Fsp3) is 0.895. The summed E-state index contributed by atoms with van der Waals surface area (Å²) in [5.74, 6) is 1.70. The molecule has 2 aliphatic heterocycles. The Morgan fingerprint density at radius 3 is 2.54 bits per heavy atom. The zero-order valence-electron chi connectivity index (χ0n) is 16.8. The van der Waals surface area contributed by atoms with Crippen LogP contribution in [0, 0.1) is 5.92 Å². The first kappa shape index (κ1) is 21.7. The summed E-state index contributed by atoms with van der Waals surface area (Å²) in [6.45, 7) is 7.90. The fourth-order valence-electron chi connectivity index (χ4n) is 4.27. The van der Waals surface area contributed by atoms with Gasteiger partial charge in [0.05, 0.1) is 0 Å². The third-order valence-corrected chi connectivity index (χ3v) is 5.71. The number of carbonyl (C=O) groups is 1. The summed E-state index contributed by atoms with van der Waals surface area (Å²) in [7, 11) is 3.57. The van der Waals surface area contributed by atoms with Crippen molar-refractivity contribution in [3.8, 4) is 0 Å². The smallest absolute Gasteiger partial charge is 0.243 e. The lowest BCUT2D eigenvalue weighted by Crippen LogP contribution is -2.58. The molecule has 2 unspecified atom stereocenters. The molecule has 3 fully saturated rings. The first-order chi connectivity index (χ1) is 12.0. The van der Waals surface area contributed by atoms with Crippen molar-refractivity contribution in [1.82, 2.24) is 20.0 Å². The number of fused-ring (bicyclic) bond motifs is 1. The van der Waals surface area contributed by atoms with Crippen LogP contribution in [0.1, 0.15) is 46.0 Å². The van der Waals surface area contributed by atoms with E-state index in [4.69, 9.17) is 0 Å². The van der Waals surface area contributed by atoms with Gasteiger partial charge in [0.15, 0.2) is 5.96 Å². The number of rotatable bonds is 4. The van der Waals surface area contributed by atoms with Crippen molar-refractivity contribution in [3.05, 3.63) is 0 Å². The minimum atomic E-state index is 0. The average molecular weight is 477 g/mol. The molecule has 2 atom stereocenters. The molecule has 0 aromatic heterocycles. The molecule has 26 heavy (non-hydrogen) atoms. The number of amides is 1. The minimum Gasteiger partial charge on any atom is -0.354 e. The summed E-state index contributed by atoms with van der Waals surface area (Å²) in [5.41, 5.74) is 0. The van der Waals surface area contributed by atoms with Crippen LogP contribution in [0.15, 0.2) is 4.99 Å². The summed E-state index contributed by atoms with van der Waals surface area (Å²) in [6, 6.07) is 1.96. The maximum absolute atomic E-state index is 11.9. The zero-order valence-corrected chi connectivity index (χ0v) is 19.1. The van der Waals surface area contributed by atoms with E-state index in [1.54, 1.807) is 19.0 Å². The Morgan fingerprint density at radius 1 is 1.19 bits per heavy atom. The molecular weight excluding hydrogens is 441 g/mol. The Hall–Kier alpha value is -0.570.